The van der Waals surface area contributed by atoms with E-state index >= 15 is 0 Å². The summed E-state index contributed by atoms with van der Waals surface area (Å²) in [6, 6.07) is 0. The van der Waals surface area contributed by atoms with Crippen LogP contribution < -0.4 is 0 Å². The van der Waals surface area contributed by atoms with Crippen molar-refractivity contribution in [1.29, 1.82) is 0 Å². The molecule has 0 aliphatic heterocycles. The molecule has 0 N–H and O–H groups in total. The first kappa shape index (κ1) is 11.5. The Labute approximate surface area is 108 Å². The van der Waals surface area contributed by atoms with Crippen LogP contribution in [0.1, 0.15) is 51.9 Å². The predicted octanol–water partition coefficient (Wildman–Crippen LogP) is 4.19. The van der Waals surface area contributed by atoms with Gasteiger partial charge >= 0.3 is 0 Å². The normalized spacial score (nSPS) is 29.3. The Balaban J connectivity index is 0.000000853. The quantitative estimate of drug-likeness (QED) is 0.436. The van der Waals surface area contributed by atoms with Gasteiger partial charge in [0.1, 0.15) is 0 Å². The Morgan fingerprint density at radius 2 is 1.73 bits per heavy atom. The van der Waals surface area contributed by atoms with Gasteiger partial charge in [0, 0.05) is 21.7 Å². The molecule has 0 spiro atoms. The molecule has 3 rings (SSSR count). The van der Waals surface area contributed by atoms with Gasteiger partial charge in [-0.15, -0.1) is 12.0 Å². The van der Waals surface area contributed by atoms with Crippen molar-refractivity contribution in [2.45, 2.75) is 51.9 Å². The topological polar surface area (TPSA) is 0 Å². The van der Waals surface area contributed by atoms with Crippen molar-refractivity contribution >= 4 is 0 Å². The van der Waals surface area contributed by atoms with Gasteiger partial charge in [0.15, 0.2) is 0 Å². The molecule has 3 aliphatic rings. The minimum absolute atomic E-state index is 0. The number of fused-ring (bicyclic) bond motifs is 1. The smallest absolute Gasteiger partial charge is 0 e. The summed E-state index contributed by atoms with van der Waals surface area (Å²) >= 11 is 0. The zero-order chi connectivity index (χ0) is 9.54. The molecule has 0 radical (unpaired) electrons. The van der Waals surface area contributed by atoms with Crippen molar-refractivity contribution in [3.63, 3.8) is 0 Å². The maximum Gasteiger partial charge on any atom is 0 e. The van der Waals surface area contributed by atoms with E-state index in [4.69, 9.17) is 0 Å². The Kier molecular flexibility index (Phi) is 3.47. The molecule has 0 amide bonds. The largest absolute Gasteiger partial charge is 0.226 e. The van der Waals surface area contributed by atoms with Crippen molar-refractivity contribution in [2.75, 3.05) is 0 Å². The van der Waals surface area contributed by atoms with Crippen molar-refractivity contribution in [3.8, 4) is 0 Å². The third-order valence-electron chi connectivity index (χ3n) is 4.21. The minimum atomic E-state index is 0. The summed E-state index contributed by atoms with van der Waals surface area (Å²) in [5.41, 5.74) is 7.07. The fraction of sp³-hybridized carbons (Fsp3) is 0.643. The third kappa shape index (κ3) is 1.76. The molecule has 0 aromatic rings. The molecule has 3 aliphatic carbocycles. The molecule has 1 atom stereocenters. The fourth-order valence-corrected chi connectivity index (χ4v) is 3.51. The molecule has 0 aromatic carbocycles. The van der Waals surface area contributed by atoms with Crippen LogP contribution in [0, 0.1) is 12.3 Å². The van der Waals surface area contributed by atoms with Crippen LogP contribution in [0.15, 0.2) is 22.3 Å². The maximum absolute atomic E-state index is 2.52. The molecular weight excluding hydrogens is 216 g/mol. The van der Waals surface area contributed by atoms with E-state index in [0.717, 1.165) is 5.92 Å². The number of hydrogen-bond acceptors (Lipinski definition) is 0. The van der Waals surface area contributed by atoms with E-state index in [0.29, 0.717) is 0 Å². The van der Waals surface area contributed by atoms with Gasteiger partial charge in [-0.3, -0.25) is 0 Å². The van der Waals surface area contributed by atoms with Crippen LogP contribution in [-0.2, 0) is 21.7 Å². The van der Waals surface area contributed by atoms with Crippen molar-refractivity contribution in [2.24, 2.45) is 5.92 Å². The van der Waals surface area contributed by atoms with Crippen LogP contribution in [0.2, 0.25) is 0 Å². The van der Waals surface area contributed by atoms with Crippen molar-refractivity contribution in [3.05, 3.63) is 28.7 Å². The summed E-state index contributed by atoms with van der Waals surface area (Å²) < 4.78 is 0. The van der Waals surface area contributed by atoms with Gasteiger partial charge in [0.2, 0.25) is 0 Å². The fourth-order valence-electron chi connectivity index (χ4n) is 3.51. The zero-order valence-electron chi connectivity index (χ0n) is 9.60. The summed E-state index contributed by atoms with van der Waals surface area (Å²) in [5.74, 6) is 0.778. The molecular formula is C14H19Ti-. The molecule has 0 saturated heterocycles. The van der Waals surface area contributed by atoms with E-state index in [9.17, 15) is 0 Å². The molecule has 0 aromatic heterocycles. The van der Waals surface area contributed by atoms with E-state index in [1.807, 2.05) is 0 Å². The SMILES string of the molecule is CC1C2=C(CCC[CH-]2)C2=C1CCCC2.[Ti]. The second-order valence-corrected chi connectivity index (χ2v) is 4.96. The van der Waals surface area contributed by atoms with Crippen LogP contribution in [0.3, 0.4) is 0 Å². The van der Waals surface area contributed by atoms with Gasteiger partial charge in [-0.25, -0.2) is 12.0 Å². The number of allylic oxidation sites excluding steroid dienone is 4. The molecule has 0 heterocycles. The van der Waals surface area contributed by atoms with E-state index in [1.54, 1.807) is 22.3 Å². The molecule has 15 heavy (non-hydrogen) atoms. The first-order valence-corrected chi connectivity index (χ1v) is 6.16. The maximum atomic E-state index is 2.52. The van der Waals surface area contributed by atoms with E-state index in [2.05, 4.69) is 13.3 Å². The Morgan fingerprint density at radius 3 is 2.60 bits per heavy atom. The van der Waals surface area contributed by atoms with Crippen LogP contribution in [0.5, 0.6) is 0 Å². The van der Waals surface area contributed by atoms with Crippen LogP contribution in [-0.4, -0.2) is 0 Å². The minimum Gasteiger partial charge on any atom is -0.226 e. The standard InChI is InChI=1S/C14H19.Ti/c1-10-11-6-2-4-8-13(11)14-9-5-3-7-12(10)14;/h6,10H,2-5,7-9H2,1H3;/q-1;. The summed E-state index contributed by atoms with van der Waals surface area (Å²) in [4.78, 5) is 0. The molecule has 0 nitrogen and oxygen atoms in total. The Hall–Kier alpha value is 0.0643. The van der Waals surface area contributed by atoms with E-state index in [-0.39, 0.29) is 21.7 Å². The zero-order valence-corrected chi connectivity index (χ0v) is 11.2. The summed E-state index contributed by atoms with van der Waals surface area (Å²) in [6.07, 6.45) is 12.2. The number of hydrogen-bond donors (Lipinski definition) is 0. The average molecular weight is 235 g/mol. The molecule has 80 valence electrons. The van der Waals surface area contributed by atoms with Crippen LogP contribution in [0.4, 0.5) is 0 Å². The second kappa shape index (κ2) is 4.51. The van der Waals surface area contributed by atoms with Gasteiger partial charge in [-0.2, -0.15) is 5.57 Å². The van der Waals surface area contributed by atoms with Gasteiger partial charge in [-0.05, 0) is 25.2 Å². The first-order chi connectivity index (χ1) is 6.88. The van der Waals surface area contributed by atoms with Gasteiger partial charge in [-0.1, -0.05) is 31.8 Å². The number of rotatable bonds is 0. The summed E-state index contributed by atoms with van der Waals surface area (Å²) in [6.45, 7) is 2.42. The Morgan fingerprint density at radius 1 is 1.00 bits per heavy atom. The summed E-state index contributed by atoms with van der Waals surface area (Å²) in [5, 5.41) is 0. The van der Waals surface area contributed by atoms with Crippen LogP contribution >= 0.6 is 0 Å². The monoisotopic (exact) mass is 235 g/mol. The van der Waals surface area contributed by atoms with Gasteiger partial charge in [0.25, 0.3) is 0 Å². The van der Waals surface area contributed by atoms with Crippen molar-refractivity contribution < 1.29 is 21.7 Å². The molecule has 1 unspecified atom stereocenters. The van der Waals surface area contributed by atoms with E-state index in [1.165, 1.54) is 44.9 Å². The van der Waals surface area contributed by atoms with E-state index < -0.39 is 0 Å². The molecule has 0 bridgehead atoms. The van der Waals surface area contributed by atoms with Gasteiger partial charge in [0.05, 0.1) is 0 Å². The Bertz CT molecular complexity index is 290. The molecule has 1 heteroatoms. The summed E-state index contributed by atoms with van der Waals surface area (Å²) in [7, 11) is 0. The molecule has 0 saturated carbocycles. The predicted molar refractivity (Wildman–Crippen MR) is 59.8 cm³/mol. The molecule has 0 fully saturated rings. The third-order valence-corrected chi connectivity index (χ3v) is 4.21. The first-order valence-electron chi connectivity index (χ1n) is 6.16. The van der Waals surface area contributed by atoms with Gasteiger partial charge < -0.3 is 0 Å². The second-order valence-electron chi connectivity index (χ2n) is 4.96. The van der Waals surface area contributed by atoms with Crippen molar-refractivity contribution in [1.82, 2.24) is 0 Å². The van der Waals surface area contributed by atoms with Crippen LogP contribution in [0.25, 0.3) is 0 Å². The average Bonchev–Trinajstić information content (AvgIpc) is 2.55.